The SMILES string of the molecule is Cc1nn(C)c(C)c1CCC(=O)N1C[C@H]2OCCCCCCCCN(C)C(=O)c3ccccc3O[C@@H]2C1. The average Bonchev–Trinajstić information content (AvgIpc) is 3.39. The maximum atomic E-state index is 13.2. The number of hydrogen-bond donors (Lipinski definition) is 0. The molecule has 1 aromatic carbocycles. The van der Waals surface area contributed by atoms with E-state index >= 15 is 0 Å². The summed E-state index contributed by atoms with van der Waals surface area (Å²) in [4.78, 5) is 30.1. The second-order valence-electron chi connectivity index (χ2n) is 10.5. The second kappa shape index (κ2) is 12.6. The molecule has 2 aliphatic rings. The van der Waals surface area contributed by atoms with Crippen LogP contribution in [0.1, 0.15) is 72.3 Å². The fourth-order valence-electron chi connectivity index (χ4n) is 5.40. The molecule has 3 heterocycles. The lowest BCUT2D eigenvalue weighted by molar-refractivity contribution is -0.130. The van der Waals surface area contributed by atoms with Crippen molar-refractivity contribution < 1.29 is 19.1 Å². The standard InChI is InChI=1S/C29H42N4O4/c1-21-23(22(2)32(4)30-21)15-16-28(34)33-19-26-27(20-33)37-25-14-10-9-13-24(25)29(35)31(3)17-11-7-5-6-8-12-18-36-26/h9-10,13-14,26-27H,5-8,11-12,15-20H2,1-4H3/t26-,27-/m1/s1. The van der Waals surface area contributed by atoms with Crippen molar-refractivity contribution in [2.24, 2.45) is 7.05 Å². The number of para-hydroxylation sites is 1. The van der Waals surface area contributed by atoms with Crippen LogP contribution in [-0.2, 0) is 23.0 Å². The summed E-state index contributed by atoms with van der Waals surface area (Å²) >= 11 is 0. The number of rotatable bonds is 3. The van der Waals surface area contributed by atoms with Gasteiger partial charge < -0.3 is 19.3 Å². The quantitative estimate of drug-likeness (QED) is 0.622. The van der Waals surface area contributed by atoms with Crippen LogP contribution >= 0.6 is 0 Å². The van der Waals surface area contributed by atoms with Gasteiger partial charge in [-0.05, 0) is 50.8 Å². The third kappa shape index (κ3) is 6.72. The smallest absolute Gasteiger partial charge is 0.257 e. The molecule has 8 heteroatoms. The Morgan fingerprint density at radius 1 is 1.00 bits per heavy atom. The van der Waals surface area contributed by atoms with Gasteiger partial charge in [0.1, 0.15) is 18.0 Å². The van der Waals surface area contributed by atoms with Crippen LogP contribution in [0.2, 0.25) is 0 Å². The Hall–Kier alpha value is -2.87. The highest BCUT2D eigenvalue weighted by Gasteiger charge is 2.38. The molecule has 2 aliphatic heterocycles. The summed E-state index contributed by atoms with van der Waals surface area (Å²) < 4.78 is 14.6. The zero-order valence-electron chi connectivity index (χ0n) is 22.9. The van der Waals surface area contributed by atoms with Crippen molar-refractivity contribution in [1.29, 1.82) is 0 Å². The van der Waals surface area contributed by atoms with E-state index in [1.807, 2.05) is 61.8 Å². The number of benzene rings is 1. The number of carbonyl (C=O) groups is 2. The lowest BCUT2D eigenvalue weighted by Gasteiger charge is -2.24. The highest BCUT2D eigenvalue weighted by molar-refractivity contribution is 5.96. The molecule has 0 N–H and O–H groups in total. The first-order valence-corrected chi connectivity index (χ1v) is 13.7. The highest BCUT2D eigenvalue weighted by atomic mass is 16.5. The first-order valence-electron chi connectivity index (χ1n) is 13.7. The van der Waals surface area contributed by atoms with Crippen LogP contribution in [0.3, 0.4) is 0 Å². The maximum absolute atomic E-state index is 13.2. The number of nitrogens with zero attached hydrogens (tertiary/aromatic N) is 4. The lowest BCUT2D eigenvalue weighted by atomic mass is 10.1. The van der Waals surface area contributed by atoms with Crippen molar-refractivity contribution in [3.8, 4) is 5.75 Å². The molecular weight excluding hydrogens is 468 g/mol. The van der Waals surface area contributed by atoms with Gasteiger partial charge >= 0.3 is 0 Å². The number of amides is 2. The minimum absolute atomic E-state index is 0.0340. The molecule has 1 fully saturated rings. The molecule has 0 bridgehead atoms. The van der Waals surface area contributed by atoms with Crippen LogP contribution in [0.25, 0.3) is 0 Å². The second-order valence-corrected chi connectivity index (χ2v) is 10.5. The molecule has 2 atom stereocenters. The molecule has 1 saturated heterocycles. The van der Waals surface area contributed by atoms with Gasteiger partial charge in [-0.2, -0.15) is 5.10 Å². The summed E-state index contributed by atoms with van der Waals surface area (Å²) in [6.07, 6.45) is 7.15. The highest BCUT2D eigenvalue weighted by Crippen LogP contribution is 2.27. The Kier molecular flexibility index (Phi) is 9.24. The molecular formula is C29H42N4O4. The third-order valence-corrected chi connectivity index (χ3v) is 7.78. The van der Waals surface area contributed by atoms with Crippen LogP contribution in [0.15, 0.2) is 24.3 Å². The summed E-state index contributed by atoms with van der Waals surface area (Å²) in [6, 6.07) is 7.42. The molecule has 0 radical (unpaired) electrons. The molecule has 8 nitrogen and oxygen atoms in total. The van der Waals surface area contributed by atoms with E-state index in [1.54, 1.807) is 4.90 Å². The Morgan fingerprint density at radius 2 is 1.70 bits per heavy atom. The van der Waals surface area contributed by atoms with E-state index in [4.69, 9.17) is 9.47 Å². The maximum Gasteiger partial charge on any atom is 0.257 e. The first kappa shape index (κ1) is 27.2. The summed E-state index contributed by atoms with van der Waals surface area (Å²) in [7, 11) is 3.79. The first-order chi connectivity index (χ1) is 17.8. The Balaban J connectivity index is 1.48. The van der Waals surface area contributed by atoms with Crippen LogP contribution in [0.5, 0.6) is 5.75 Å². The normalized spacial score (nSPS) is 21.9. The molecule has 37 heavy (non-hydrogen) atoms. The zero-order valence-corrected chi connectivity index (χ0v) is 22.9. The zero-order chi connectivity index (χ0) is 26.4. The van der Waals surface area contributed by atoms with Gasteiger partial charge in [-0.15, -0.1) is 0 Å². The topological polar surface area (TPSA) is 76.9 Å². The van der Waals surface area contributed by atoms with Crippen LogP contribution < -0.4 is 4.74 Å². The predicted octanol–water partition coefficient (Wildman–Crippen LogP) is 4.07. The van der Waals surface area contributed by atoms with Crippen molar-refractivity contribution in [2.45, 2.75) is 77.4 Å². The summed E-state index contributed by atoms with van der Waals surface area (Å²) in [6.45, 7) is 6.38. The number of hydrogen-bond acceptors (Lipinski definition) is 5. The Labute approximate surface area is 220 Å². The Bertz CT molecular complexity index is 1080. The molecule has 1 aromatic heterocycles. The van der Waals surface area contributed by atoms with Crippen LogP contribution in [-0.4, -0.2) is 76.9 Å². The van der Waals surface area contributed by atoms with Crippen molar-refractivity contribution in [2.75, 3.05) is 33.3 Å². The lowest BCUT2D eigenvalue weighted by Crippen LogP contribution is -2.34. The molecule has 4 rings (SSSR count). The third-order valence-electron chi connectivity index (χ3n) is 7.78. The fraction of sp³-hybridized carbons (Fsp3) is 0.621. The van der Waals surface area contributed by atoms with Crippen molar-refractivity contribution in [1.82, 2.24) is 19.6 Å². The van der Waals surface area contributed by atoms with E-state index < -0.39 is 0 Å². The number of ether oxygens (including phenoxy) is 2. The predicted molar refractivity (Wildman–Crippen MR) is 143 cm³/mol. The van der Waals surface area contributed by atoms with Gasteiger partial charge in [0.2, 0.25) is 5.91 Å². The minimum Gasteiger partial charge on any atom is -0.485 e. The van der Waals surface area contributed by atoms with Gasteiger partial charge in [-0.25, -0.2) is 0 Å². The van der Waals surface area contributed by atoms with Gasteiger partial charge in [-0.3, -0.25) is 14.3 Å². The van der Waals surface area contributed by atoms with Crippen LogP contribution in [0, 0.1) is 13.8 Å². The summed E-state index contributed by atoms with van der Waals surface area (Å²) in [5.74, 6) is 0.617. The fourth-order valence-corrected chi connectivity index (χ4v) is 5.40. The van der Waals surface area contributed by atoms with Gasteiger partial charge in [0.15, 0.2) is 0 Å². The Morgan fingerprint density at radius 3 is 2.46 bits per heavy atom. The molecule has 0 unspecified atom stereocenters. The van der Waals surface area contributed by atoms with Crippen molar-refractivity contribution in [3.05, 3.63) is 46.8 Å². The number of fused-ring (bicyclic) bond motifs is 2. The number of aromatic nitrogens is 2. The van der Waals surface area contributed by atoms with E-state index in [9.17, 15) is 9.59 Å². The average molecular weight is 511 g/mol. The van der Waals surface area contributed by atoms with E-state index in [0.717, 1.165) is 49.2 Å². The molecule has 0 spiro atoms. The molecule has 202 valence electrons. The van der Waals surface area contributed by atoms with E-state index in [0.29, 0.717) is 43.9 Å². The number of aryl methyl sites for hydroxylation is 2. The van der Waals surface area contributed by atoms with Gasteiger partial charge in [0.25, 0.3) is 5.91 Å². The summed E-state index contributed by atoms with van der Waals surface area (Å²) in [5, 5.41) is 4.48. The number of likely N-dealkylation sites (tertiary alicyclic amines) is 1. The van der Waals surface area contributed by atoms with Crippen molar-refractivity contribution >= 4 is 11.8 Å². The van der Waals surface area contributed by atoms with E-state index in [2.05, 4.69) is 5.10 Å². The van der Waals surface area contributed by atoms with Gasteiger partial charge in [-0.1, -0.05) is 37.8 Å². The monoisotopic (exact) mass is 510 g/mol. The minimum atomic E-state index is -0.321. The van der Waals surface area contributed by atoms with Gasteiger partial charge in [0, 0.05) is 39.4 Å². The van der Waals surface area contributed by atoms with Crippen LogP contribution in [0.4, 0.5) is 0 Å². The van der Waals surface area contributed by atoms with E-state index in [-0.39, 0.29) is 24.0 Å². The number of carbonyl (C=O) groups excluding carboxylic acids is 2. The molecule has 0 saturated carbocycles. The molecule has 0 aliphatic carbocycles. The summed E-state index contributed by atoms with van der Waals surface area (Å²) in [5.41, 5.74) is 3.78. The van der Waals surface area contributed by atoms with Gasteiger partial charge in [0.05, 0.1) is 24.3 Å². The molecule has 2 amide bonds. The largest absolute Gasteiger partial charge is 0.485 e. The van der Waals surface area contributed by atoms with E-state index in [1.165, 1.54) is 12.8 Å². The molecule has 2 aromatic rings. The van der Waals surface area contributed by atoms with Crippen molar-refractivity contribution in [3.63, 3.8) is 0 Å².